The van der Waals surface area contributed by atoms with E-state index < -0.39 is 0 Å². The van der Waals surface area contributed by atoms with Gasteiger partial charge in [-0.3, -0.25) is 0 Å². The Kier molecular flexibility index (Phi) is 4.81. The summed E-state index contributed by atoms with van der Waals surface area (Å²) < 4.78 is 5.31. The van der Waals surface area contributed by atoms with Crippen molar-refractivity contribution in [1.82, 2.24) is 10.3 Å². The third-order valence-corrected chi connectivity index (χ3v) is 4.71. The maximum Gasteiger partial charge on any atom is 0.119 e. The number of aromatic nitrogens is 1. The summed E-state index contributed by atoms with van der Waals surface area (Å²) in [5.74, 6) is 0.867. The Bertz CT molecular complexity index is 1050. The van der Waals surface area contributed by atoms with E-state index in [4.69, 9.17) is 4.74 Å². The third kappa shape index (κ3) is 3.66. The molecule has 4 nitrogen and oxygen atoms in total. The van der Waals surface area contributed by atoms with Gasteiger partial charge in [0.25, 0.3) is 0 Å². The quantitative estimate of drug-likeness (QED) is 0.438. The van der Waals surface area contributed by atoms with Crippen molar-refractivity contribution >= 4 is 22.3 Å². The summed E-state index contributed by atoms with van der Waals surface area (Å²) in [5, 5.41) is 7.93. The highest BCUT2D eigenvalue weighted by Crippen LogP contribution is 2.27. The van der Waals surface area contributed by atoms with Crippen LogP contribution in [0, 0.1) is 0 Å². The highest BCUT2D eigenvalue weighted by molar-refractivity contribution is 5.87. The number of anilines is 2. The minimum atomic E-state index is 0.860. The van der Waals surface area contributed by atoms with E-state index in [-0.39, 0.29) is 0 Å². The molecule has 3 aromatic carbocycles. The first-order valence-electron chi connectivity index (χ1n) is 9.03. The Labute approximate surface area is 159 Å². The van der Waals surface area contributed by atoms with Gasteiger partial charge < -0.3 is 20.4 Å². The molecule has 0 aliphatic carbocycles. The van der Waals surface area contributed by atoms with Crippen molar-refractivity contribution in [3.8, 4) is 16.9 Å². The minimum absolute atomic E-state index is 0.860. The predicted octanol–water partition coefficient (Wildman–Crippen LogP) is 5.31. The van der Waals surface area contributed by atoms with Crippen LogP contribution in [0.15, 0.2) is 72.9 Å². The maximum absolute atomic E-state index is 5.31. The van der Waals surface area contributed by atoms with Gasteiger partial charge in [0.15, 0.2) is 0 Å². The van der Waals surface area contributed by atoms with Gasteiger partial charge in [0, 0.05) is 35.0 Å². The van der Waals surface area contributed by atoms with E-state index in [1.807, 2.05) is 25.2 Å². The van der Waals surface area contributed by atoms with Gasteiger partial charge in [-0.05, 0) is 60.1 Å². The normalized spacial score (nSPS) is 10.9. The summed E-state index contributed by atoms with van der Waals surface area (Å²) in [6, 6.07) is 23.0. The van der Waals surface area contributed by atoms with Crippen LogP contribution in [0.25, 0.3) is 22.0 Å². The first kappa shape index (κ1) is 17.2. The second-order valence-electron chi connectivity index (χ2n) is 6.54. The summed E-state index contributed by atoms with van der Waals surface area (Å²) in [6.07, 6.45) is 2.06. The lowest BCUT2D eigenvalue weighted by molar-refractivity contribution is 0.415. The van der Waals surface area contributed by atoms with Crippen LogP contribution in [-0.4, -0.2) is 19.1 Å². The Morgan fingerprint density at radius 3 is 2.48 bits per heavy atom. The summed E-state index contributed by atoms with van der Waals surface area (Å²) in [7, 11) is 3.65. The monoisotopic (exact) mass is 357 g/mol. The number of nitrogens with one attached hydrogen (secondary N) is 3. The molecule has 0 bridgehead atoms. The number of ether oxygens (including phenoxy) is 1. The molecule has 136 valence electrons. The largest absolute Gasteiger partial charge is 0.497 e. The van der Waals surface area contributed by atoms with E-state index >= 15 is 0 Å². The summed E-state index contributed by atoms with van der Waals surface area (Å²) >= 11 is 0. The Hall–Kier alpha value is -3.24. The highest BCUT2D eigenvalue weighted by atomic mass is 16.5. The molecule has 0 radical (unpaired) electrons. The number of aromatic amines is 1. The summed E-state index contributed by atoms with van der Waals surface area (Å²) in [6.45, 7) is 0.860. The van der Waals surface area contributed by atoms with Gasteiger partial charge in [0.05, 0.1) is 7.11 Å². The Morgan fingerprint density at radius 2 is 1.70 bits per heavy atom. The van der Waals surface area contributed by atoms with Crippen LogP contribution >= 0.6 is 0 Å². The predicted molar refractivity (Wildman–Crippen MR) is 113 cm³/mol. The second-order valence-corrected chi connectivity index (χ2v) is 6.54. The van der Waals surface area contributed by atoms with Gasteiger partial charge >= 0.3 is 0 Å². The van der Waals surface area contributed by atoms with Gasteiger partial charge in [-0.2, -0.15) is 0 Å². The smallest absolute Gasteiger partial charge is 0.119 e. The van der Waals surface area contributed by atoms with Gasteiger partial charge in [0.1, 0.15) is 5.75 Å². The summed E-state index contributed by atoms with van der Waals surface area (Å²) in [5.41, 5.74) is 6.85. The molecule has 4 heteroatoms. The van der Waals surface area contributed by atoms with E-state index in [1.165, 1.54) is 10.9 Å². The van der Waals surface area contributed by atoms with Gasteiger partial charge in [-0.1, -0.05) is 30.3 Å². The SMILES string of the molecule is CNCc1c[nH]c2cc(Nc3ccc(-c4cccc(OC)c4)cc3)ccc12. The van der Waals surface area contributed by atoms with Gasteiger partial charge in [-0.25, -0.2) is 0 Å². The molecule has 0 atom stereocenters. The zero-order valence-corrected chi connectivity index (χ0v) is 15.5. The molecule has 1 heterocycles. The number of hydrogen-bond donors (Lipinski definition) is 3. The van der Waals surface area contributed by atoms with Gasteiger partial charge in [-0.15, -0.1) is 0 Å². The molecule has 0 aliphatic heterocycles. The van der Waals surface area contributed by atoms with Crippen molar-refractivity contribution in [3.05, 3.63) is 78.5 Å². The average Bonchev–Trinajstić information content (AvgIpc) is 3.11. The van der Waals surface area contributed by atoms with E-state index in [0.717, 1.165) is 40.3 Å². The molecule has 3 N–H and O–H groups in total. The molecule has 0 saturated carbocycles. The molecule has 0 saturated heterocycles. The standard InChI is InChI=1S/C23H23N3O/c1-24-14-18-15-25-23-13-20(10-11-22(18)23)26-19-8-6-16(7-9-19)17-4-3-5-21(12-17)27-2/h3-13,15,24-26H,14H2,1-2H3. The Morgan fingerprint density at radius 1 is 0.889 bits per heavy atom. The van der Waals surface area contributed by atoms with Crippen molar-refractivity contribution < 1.29 is 4.74 Å². The van der Waals surface area contributed by atoms with E-state index in [9.17, 15) is 0 Å². The molecule has 4 rings (SSSR count). The van der Waals surface area contributed by atoms with Crippen molar-refractivity contribution in [3.63, 3.8) is 0 Å². The molecule has 0 fully saturated rings. The second kappa shape index (κ2) is 7.56. The lowest BCUT2D eigenvalue weighted by Gasteiger charge is -2.09. The number of methoxy groups -OCH3 is 1. The van der Waals surface area contributed by atoms with Crippen LogP contribution in [0.2, 0.25) is 0 Å². The topological polar surface area (TPSA) is 49.1 Å². The molecule has 0 spiro atoms. The Balaban J connectivity index is 1.53. The fourth-order valence-corrected chi connectivity index (χ4v) is 3.32. The van der Waals surface area contributed by atoms with Crippen LogP contribution in [0.3, 0.4) is 0 Å². The van der Waals surface area contributed by atoms with E-state index in [1.54, 1.807) is 7.11 Å². The fraction of sp³-hybridized carbons (Fsp3) is 0.130. The molecule has 4 aromatic rings. The minimum Gasteiger partial charge on any atom is -0.497 e. The fourth-order valence-electron chi connectivity index (χ4n) is 3.32. The molecular formula is C23H23N3O. The van der Waals surface area contributed by atoms with Crippen molar-refractivity contribution in [1.29, 1.82) is 0 Å². The van der Waals surface area contributed by atoms with Crippen LogP contribution < -0.4 is 15.4 Å². The van der Waals surface area contributed by atoms with Gasteiger partial charge in [0.2, 0.25) is 0 Å². The van der Waals surface area contributed by atoms with Crippen LogP contribution in [0.1, 0.15) is 5.56 Å². The van der Waals surface area contributed by atoms with Crippen LogP contribution in [0.5, 0.6) is 5.75 Å². The van der Waals surface area contributed by atoms with E-state index in [2.05, 4.69) is 70.3 Å². The number of hydrogen-bond acceptors (Lipinski definition) is 3. The molecule has 0 aliphatic rings. The highest BCUT2D eigenvalue weighted by Gasteiger charge is 2.05. The molecule has 0 unspecified atom stereocenters. The lowest BCUT2D eigenvalue weighted by Crippen LogP contribution is -2.03. The lowest BCUT2D eigenvalue weighted by atomic mass is 10.1. The molecule has 0 amide bonds. The molecule has 1 aromatic heterocycles. The number of fused-ring (bicyclic) bond motifs is 1. The number of benzene rings is 3. The average molecular weight is 357 g/mol. The molecule has 27 heavy (non-hydrogen) atoms. The zero-order valence-electron chi connectivity index (χ0n) is 15.5. The number of rotatable bonds is 6. The van der Waals surface area contributed by atoms with Crippen LogP contribution in [-0.2, 0) is 6.54 Å². The van der Waals surface area contributed by atoms with Crippen molar-refractivity contribution in [2.24, 2.45) is 0 Å². The first-order chi connectivity index (χ1) is 13.3. The van der Waals surface area contributed by atoms with E-state index in [0.29, 0.717) is 0 Å². The van der Waals surface area contributed by atoms with Crippen LogP contribution in [0.4, 0.5) is 11.4 Å². The zero-order chi connectivity index (χ0) is 18.6. The summed E-state index contributed by atoms with van der Waals surface area (Å²) in [4.78, 5) is 3.35. The van der Waals surface area contributed by atoms with Crippen molar-refractivity contribution in [2.45, 2.75) is 6.54 Å². The third-order valence-electron chi connectivity index (χ3n) is 4.71. The molecular weight excluding hydrogens is 334 g/mol. The van der Waals surface area contributed by atoms with Crippen molar-refractivity contribution in [2.75, 3.05) is 19.5 Å². The number of H-pyrrole nitrogens is 1. The first-order valence-corrected chi connectivity index (χ1v) is 9.03. The maximum atomic E-state index is 5.31.